The Hall–Kier alpha value is -0.625. The quantitative estimate of drug-likeness (QED) is 0.172. The second-order valence-corrected chi connectivity index (χ2v) is 32.8. The lowest BCUT2D eigenvalue weighted by Gasteiger charge is -2.36. The van der Waals surface area contributed by atoms with Gasteiger partial charge in [0.1, 0.15) is 36.9 Å². The van der Waals surface area contributed by atoms with Gasteiger partial charge in [0.25, 0.3) is 0 Å². The first kappa shape index (κ1) is 42.0. The molecule has 2 unspecified atom stereocenters. The lowest BCUT2D eigenvalue weighted by atomic mass is 9.77. The van der Waals surface area contributed by atoms with Gasteiger partial charge >= 0.3 is 72.8 Å². The summed E-state index contributed by atoms with van der Waals surface area (Å²) in [6.07, 6.45) is 1.82. The van der Waals surface area contributed by atoms with Gasteiger partial charge in [-0.1, -0.05) is 38.1 Å². The predicted octanol–water partition coefficient (Wildman–Crippen LogP) is 5.66. The Balaban J connectivity index is 1.25. The van der Waals surface area contributed by atoms with Crippen molar-refractivity contribution in [2.75, 3.05) is 26.4 Å². The fraction of sp³-hybridized carbons (Fsp3) is 0.636. The molecule has 0 bridgehead atoms. The third-order valence-electron chi connectivity index (χ3n) is 9.50. The summed E-state index contributed by atoms with van der Waals surface area (Å²) >= 11 is 0. The first-order valence-electron chi connectivity index (χ1n) is 18.3. The maximum Gasteiger partial charge on any atom is 0.362 e. The van der Waals surface area contributed by atoms with Gasteiger partial charge in [-0.05, 0) is 112 Å². The average Bonchev–Trinajstić information content (AvgIpc) is 3.99. The van der Waals surface area contributed by atoms with Gasteiger partial charge < -0.3 is 51.9 Å². The molecule has 4 aliphatic heterocycles. The van der Waals surface area contributed by atoms with E-state index in [1.54, 1.807) is 0 Å². The first-order chi connectivity index (χ1) is 25.1. The summed E-state index contributed by atoms with van der Waals surface area (Å²) in [4.78, 5) is 0. The van der Waals surface area contributed by atoms with Crippen molar-refractivity contribution in [2.24, 2.45) is 0 Å². The molecular formula is C33H54O12Si8. The molecule has 0 N–H and O–H groups in total. The molecule has 0 amide bonds. The smallest absolute Gasteiger partial charge is 0.362 e. The Morgan fingerprint density at radius 1 is 0.585 bits per heavy atom. The summed E-state index contributed by atoms with van der Waals surface area (Å²) in [6, 6.07) is 14.8. The van der Waals surface area contributed by atoms with Crippen molar-refractivity contribution in [3.05, 3.63) is 58.7 Å². The average molecular weight is 867 g/mol. The summed E-state index contributed by atoms with van der Waals surface area (Å²) in [6.45, 7) is 23.6. The van der Waals surface area contributed by atoms with E-state index in [2.05, 4.69) is 63.3 Å². The molecule has 4 heterocycles. The minimum atomic E-state index is -2.59. The molecule has 6 radical (unpaired) electrons. The van der Waals surface area contributed by atoms with E-state index in [1.165, 1.54) is 11.1 Å². The van der Waals surface area contributed by atoms with Gasteiger partial charge in [-0.3, -0.25) is 0 Å². The van der Waals surface area contributed by atoms with Gasteiger partial charge in [0, 0.05) is 5.41 Å². The summed E-state index contributed by atoms with van der Waals surface area (Å²) in [5.41, 5.74) is 4.33. The zero-order valence-electron chi connectivity index (χ0n) is 32.7. The SMILES string of the molecule is C[Si]1O[Si](C)O[Si](C)(CCc2cc(C(C)(C)c3ccc(OCC4CO4)c(CC[Si]4(C)O[Si](C)O[Si](C)O[Si](C)O4)c3)ccc2OCC2CO2)O[Si](C)O1. The highest BCUT2D eigenvalue weighted by Crippen LogP contribution is 2.38. The van der Waals surface area contributed by atoms with Gasteiger partial charge in [0.05, 0.1) is 13.2 Å². The third-order valence-corrected chi connectivity index (χ3v) is 32.5. The number of ether oxygens (including phenoxy) is 4. The second-order valence-electron chi connectivity index (χ2n) is 14.8. The molecular weight excluding hydrogens is 813 g/mol. The Bertz CT molecular complexity index is 1400. The van der Waals surface area contributed by atoms with Crippen molar-refractivity contribution in [3.8, 4) is 11.5 Å². The molecule has 2 aromatic rings. The minimum absolute atomic E-state index is 0.159. The normalized spacial score (nSPS) is 25.3. The Kier molecular flexibility index (Phi) is 14.2. The summed E-state index contributed by atoms with van der Waals surface area (Å²) in [7, 11) is -13.8. The fourth-order valence-corrected chi connectivity index (χ4v) is 30.2. The first-order valence-corrected chi connectivity index (χ1v) is 34.3. The maximum atomic E-state index is 6.58. The zero-order chi connectivity index (χ0) is 38.0. The maximum absolute atomic E-state index is 6.58. The largest absolute Gasteiger partial charge is 0.491 e. The van der Waals surface area contributed by atoms with Gasteiger partial charge in [0.2, 0.25) is 0 Å². The van der Waals surface area contributed by atoms with E-state index < -0.39 is 72.8 Å². The van der Waals surface area contributed by atoms with Crippen LogP contribution < -0.4 is 9.47 Å². The van der Waals surface area contributed by atoms with Crippen molar-refractivity contribution < 1.29 is 51.9 Å². The van der Waals surface area contributed by atoms with Gasteiger partial charge in [-0.25, -0.2) is 0 Å². The van der Waals surface area contributed by atoms with Crippen LogP contribution in [0.25, 0.3) is 0 Å². The van der Waals surface area contributed by atoms with Crippen LogP contribution in [0.5, 0.6) is 11.5 Å². The van der Waals surface area contributed by atoms with Crippen molar-refractivity contribution >= 4 is 72.8 Å². The summed E-state index contributed by atoms with van der Waals surface area (Å²) in [5, 5.41) is 0. The van der Waals surface area contributed by atoms with E-state index in [1.807, 2.05) is 39.3 Å². The van der Waals surface area contributed by atoms with Crippen molar-refractivity contribution in [3.63, 3.8) is 0 Å². The molecule has 0 spiro atoms. The van der Waals surface area contributed by atoms with Gasteiger partial charge in [-0.15, -0.1) is 0 Å². The summed E-state index contributed by atoms with van der Waals surface area (Å²) < 4.78 is 74.4. The fourth-order valence-electron chi connectivity index (χ4n) is 6.59. The number of rotatable bonds is 14. The van der Waals surface area contributed by atoms with Crippen molar-refractivity contribution in [1.82, 2.24) is 0 Å². The van der Waals surface area contributed by atoms with Crippen LogP contribution in [-0.4, -0.2) is 111 Å². The van der Waals surface area contributed by atoms with Crippen molar-refractivity contribution in [2.45, 2.75) is 109 Å². The number of benzene rings is 2. The lowest BCUT2D eigenvalue weighted by Crippen LogP contribution is -2.53. The zero-order valence-corrected chi connectivity index (χ0v) is 40.7. The molecule has 53 heavy (non-hydrogen) atoms. The van der Waals surface area contributed by atoms with E-state index in [-0.39, 0.29) is 17.6 Å². The van der Waals surface area contributed by atoms with Crippen LogP contribution in [0.4, 0.5) is 0 Å². The topological polar surface area (TPSA) is 117 Å². The number of aryl methyl sites for hydroxylation is 2. The van der Waals surface area contributed by atoms with Gasteiger partial charge in [-0.2, -0.15) is 0 Å². The van der Waals surface area contributed by atoms with Crippen LogP contribution in [-0.2, 0) is 60.7 Å². The minimum Gasteiger partial charge on any atom is -0.491 e. The highest BCUT2D eigenvalue weighted by atomic mass is 28.5. The summed E-state index contributed by atoms with van der Waals surface area (Å²) in [5.74, 6) is 1.75. The lowest BCUT2D eigenvalue weighted by molar-refractivity contribution is 0.260. The van der Waals surface area contributed by atoms with E-state index >= 15 is 0 Å². The molecule has 4 fully saturated rings. The molecule has 2 aromatic carbocycles. The molecule has 12 nitrogen and oxygen atoms in total. The molecule has 4 aliphatic rings. The molecule has 0 aromatic heterocycles. The molecule has 0 saturated carbocycles. The van der Waals surface area contributed by atoms with Crippen LogP contribution >= 0.6 is 0 Å². The van der Waals surface area contributed by atoms with E-state index in [0.717, 1.165) is 60.8 Å². The number of hydrogen-bond donors (Lipinski definition) is 0. The monoisotopic (exact) mass is 866 g/mol. The van der Waals surface area contributed by atoms with Crippen LogP contribution in [0.15, 0.2) is 36.4 Å². The predicted molar refractivity (Wildman–Crippen MR) is 214 cm³/mol. The third kappa shape index (κ3) is 12.2. The molecule has 4 saturated heterocycles. The standard InChI is InChI=1S/C33H54O12Si8/c1-33(2,27-11-13-31(36-23-29-21-34-29)25(19-27)15-17-52(9)42-48(5)38-46(3)39-49(6)43-52)28-12-14-32(37-24-30-22-35-30)26(20-28)16-18-53(10)44-50(7)40-47(4)41-51(8)45-53/h11-14,19-20,29-30H,15-18,21-24H2,1-10H3. The number of hydrogen-bond acceptors (Lipinski definition) is 12. The molecule has 290 valence electrons. The van der Waals surface area contributed by atoms with Crippen molar-refractivity contribution in [1.29, 1.82) is 0 Å². The Morgan fingerprint density at radius 3 is 1.25 bits per heavy atom. The van der Waals surface area contributed by atoms with E-state index in [9.17, 15) is 0 Å². The molecule has 0 aliphatic carbocycles. The Labute approximate surface area is 328 Å². The highest BCUT2D eigenvalue weighted by molar-refractivity contribution is 6.82. The molecule has 6 rings (SSSR count). The van der Waals surface area contributed by atoms with Gasteiger partial charge in [0.15, 0.2) is 0 Å². The number of epoxide rings is 2. The highest BCUT2D eigenvalue weighted by Gasteiger charge is 2.42. The van der Waals surface area contributed by atoms with Crippen LogP contribution in [0.3, 0.4) is 0 Å². The van der Waals surface area contributed by atoms with E-state index in [0.29, 0.717) is 13.2 Å². The van der Waals surface area contributed by atoms with Crippen LogP contribution in [0.2, 0.25) is 64.5 Å². The molecule has 2 atom stereocenters. The second kappa shape index (κ2) is 17.9. The van der Waals surface area contributed by atoms with E-state index in [4.69, 9.17) is 51.9 Å². The Morgan fingerprint density at radius 2 is 0.925 bits per heavy atom. The van der Waals surface area contributed by atoms with Crippen LogP contribution in [0.1, 0.15) is 36.1 Å². The van der Waals surface area contributed by atoms with Crippen LogP contribution in [0, 0.1) is 0 Å². The molecule has 20 heteroatoms.